The zero-order valence-corrected chi connectivity index (χ0v) is 15.0. The van der Waals surface area contributed by atoms with Crippen molar-refractivity contribution in [1.29, 1.82) is 0 Å². The molecule has 0 saturated heterocycles. The highest BCUT2D eigenvalue weighted by Gasteiger charge is 2.25. The molecule has 2 aromatic rings. The van der Waals surface area contributed by atoms with Gasteiger partial charge in [-0.2, -0.15) is 0 Å². The molecule has 1 aliphatic rings. The molecule has 3 rings (SSSR count). The third kappa shape index (κ3) is 3.48. The summed E-state index contributed by atoms with van der Waals surface area (Å²) < 4.78 is 0. The molecule has 0 unspecified atom stereocenters. The van der Waals surface area contributed by atoms with Crippen molar-refractivity contribution >= 4 is 18.5 Å². The van der Waals surface area contributed by atoms with Crippen molar-refractivity contribution in [2.45, 2.75) is 33.1 Å². The fourth-order valence-corrected chi connectivity index (χ4v) is 6.08. The predicted octanol–water partition coefficient (Wildman–Crippen LogP) is 5.77. The van der Waals surface area contributed by atoms with Gasteiger partial charge in [-0.15, -0.1) is 0 Å². The van der Waals surface area contributed by atoms with Crippen molar-refractivity contribution in [2.75, 3.05) is 0 Å². The lowest BCUT2D eigenvalue weighted by molar-refractivity contribution is 0.564. The summed E-state index contributed by atoms with van der Waals surface area (Å²) in [6.07, 6.45) is 8.39. The molecule has 0 radical (unpaired) electrons. The highest BCUT2D eigenvalue weighted by Crippen LogP contribution is 2.50. The Hall–Kier alpha value is -1.65. The maximum atomic E-state index is 2.40. The molecule has 0 nitrogen and oxygen atoms in total. The van der Waals surface area contributed by atoms with Crippen LogP contribution >= 0.6 is 7.92 Å². The number of rotatable bonds is 6. The van der Waals surface area contributed by atoms with Crippen LogP contribution in [0.5, 0.6) is 0 Å². The molecule has 0 amide bonds. The highest BCUT2D eigenvalue weighted by molar-refractivity contribution is 7.77. The van der Waals surface area contributed by atoms with Crippen LogP contribution in [-0.4, -0.2) is 0 Å². The number of hydrogen-bond donors (Lipinski definition) is 0. The van der Waals surface area contributed by atoms with Crippen LogP contribution in [0.1, 0.15) is 33.1 Å². The third-order valence-corrected chi connectivity index (χ3v) is 7.24. The molecule has 1 heteroatoms. The minimum atomic E-state index is -0.442. The Morgan fingerprint density at radius 2 is 1.35 bits per heavy atom. The molecule has 0 aromatic heterocycles. The van der Waals surface area contributed by atoms with Gasteiger partial charge in [0, 0.05) is 0 Å². The molecule has 118 valence electrons. The van der Waals surface area contributed by atoms with Gasteiger partial charge in [-0.1, -0.05) is 92.2 Å². The zero-order chi connectivity index (χ0) is 16.1. The van der Waals surface area contributed by atoms with Crippen molar-refractivity contribution in [2.24, 2.45) is 5.92 Å². The Bertz CT molecular complexity index is 639. The summed E-state index contributed by atoms with van der Waals surface area (Å²) >= 11 is 0. The molecular weight excluding hydrogens is 295 g/mol. The van der Waals surface area contributed by atoms with Crippen LogP contribution in [0.2, 0.25) is 0 Å². The molecule has 23 heavy (non-hydrogen) atoms. The van der Waals surface area contributed by atoms with Crippen molar-refractivity contribution in [1.82, 2.24) is 0 Å². The van der Waals surface area contributed by atoms with Crippen LogP contribution in [-0.2, 0) is 0 Å². The molecule has 2 aromatic carbocycles. The van der Waals surface area contributed by atoms with Gasteiger partial charge in [0.05, 0.1) is 0 Å². The lowest BCUT2D eigenvalue weighted by atomic mass is 9.93. The van der Waals surface area contributed by atoms with Crippen molar-refractivity contribution in [3.63, 3.8) is 0 Å². The molecule has 0 saturated carbocycles. The van der Waals surface area contributed by atoms with Crippen molar-refractivity contribution in [3.8, 4) is 0 Å². The molecule has 0 heterocycles. The van der Waals surface area contributed by atoms with Gasteiger partial charge in [-0.05, 0) is 49.0 Å². The first-order valence-corrected chi connectivity index (χ1v) is 9.99. The van der Waals surface area contributed by atoms with Gasteiger partial charge in [0.25, 0.3) is 0 Å². The second-order valence-corrected chi connectivity index (χ2v) is 8.22. The monoisotopic (exact) mass is 320 g/mol. The highest BCUT2D eigenvalue weighted by atomic mass is 31.1. The molecule has 0 spiro atoms. The molecule has 0 fully saturated rings. The lowest BCUT2D eigenvalue weighted by Gasteiger charge is -2.24. The van der Waals surface area contributed by atoms with Crippen molar-refractivity contribution in [3.05, 3.63) is 83.7 Å². The van der Waals surface area contributed by atoms with Crippen LogP contribution in [0.25, 0.3) is 0 Å². The van der Waals surface area contributed by atoms with Gasteiger partial charge < -0.3 is 0 Å². The summed E-state index contributed by atoms with van der Waals surface area (Å²) in [5.41, 5.74) is 1.67. The maximum Gasteiger partial charge on any atom is -0.0123 e. The molecule has 0 N–H and O–H groups in total. The SMILES string of the molecule is CCC(CC)C1=C(P(c2ccccc2)c2ccccc2)C=CC1. The van der Waals surface area contributed by atoms with E-state index in [-0.39, 0.29) is 0 Å². The van der Waals surface area contributed by atoms with Gasteiger partial charge in [0.2, 0.25) is 0 Å². The number of benzene rings is 2. The summed E-state index contributed by atoms with van der Waals surface area (Å²) in [6, 6.07) is 22.1. The number of allylic oxidation sites excluding steroid dienone is 4. The van der Waals surface area contributed by atoms with Crippen LogP contribution in [0, 0.1) is 5.92 Å². The van der Waals surface area contributed by atoms with Gasteiger partial charge in [-0.25, -0.2) is 0 Å². The van der Waals surface area contributed by atoms with E-state index in [0.29, 0.717) is 0 Å². The van der Waals surface area contributed by atoms with Crippen LogP contribution < -0.4 is 10.6 Å². The van der Waals surface area contributed by atoms with E-state index in [0.717, 1.165) is 12.3 Å². The molecular formula is C22H25P. The van der Waals surface area contributed by atoms with E-state index in [4.69, 9.17) is 0 Å². The Kier molecular flexibility index (Phi) is 5.47. The Morgan fingerprint density at radius 3 is 1.83 bits per heavy atom. The van der Waals surface area contributed by atoms with Gasteiger partial charge in [0.15, 0.2) is 0 Å². The van der Waals surface area contributed by atoms with Gasteiger partial charge in [-0.3, -0.25) is 0 Å². The summed E-state index contributed by atoms with van der Waals surface area (Å²) in [6.45, 7) is 4.65. The first kappa shape index (κ1) is 16.2. The summed E-state index contributed by atoms with van der Waals surface area (Å²) in [4.78, 5) is 0. The van der Waals surface area contributed by atoms with Gasteiger partial charge >= 0.3 is 0 Å². The summed E-state index contributed by atoms with van der Waals surface area (Å²) in [7, 11) is -0.442. The van der Waals surface area contributed by atoms with Crippen LogP contribution in [0.4, 0.5) is 0 Å². The topological polar surface area (TPSA) is 0 Å². The quantitative estimate of drug-likeness (QED) is 0.593. The standard InChI is InChI=1S/C22H25P/c1-3-18(4-2)21-16-11-17-22(21)23(19-12-7-5-8-13-19)20-14-9-6-10-15-20/h5-15,17-18H,3-4,16H2,1-2H3. The maximum absolute atomic E-state index is 2.40. The second kappa shape index (κ2) is 7.75. The molecule has 0 atom stereocenters. The molecule has 0 aliphatic heterocycles. The van der Waals surface area contributed by atoms with Gasteiger partial charge in [0.1, 0.15) is 0 Å². The average molecular weight is 320 g/mol. The molecule has 1 aliphatic carbocycles. The van der Waals surface area contributed by atoms with Crippen LogP contribution in [0.15, 0.2) is 83.7 Å². The van der Waals surface area contributed by atoms with E-state index in [1.807, 2.05) is 0 Å². The third-order valence-electron chi connectivity index (χ3n) is 4.69. The van der Waals surface area contributed by atoms with E-state index < -0.39 is 7.92 Å². The Labute approximate surface area is 141 Å². The first-order chi connectivity index (χ1) is 11.3. The smallest absolute Gasteiger partial charge is 0.0123 e. The average Bonchev–Trinajstić information content (AvgIpc) is 3.07. The first-order valence-electron chi connectivity index (χ1n) is 8.65. The minimum absolute atomic E-state index is 0.442. The van der Waals surface area contributed by atoms with Crippen molar-refractivity contribution < 1.29 is 0 Å². The van der Waals surface area contributed by atoms with Crippen LogP contribution in [0.3, 0.4) is 0 Å². The zero-order valence-electron chi connectivity index (χ0n) is 14.1. The summed E-state index contributed by atoms with van der Waals surface area (Å²) in [5.74, 6) is 0.720. The fourth-order valence-electron chi connectivity index (χ4n) is 3.47. The Morgan fingerprint density at radius 1 is 0.826 bits per heavy atom. The summed E-state index contributed by atoms with van der Waals surface area (Å²) in [5, 5.41) is 4.50. The minimum Gasteiger partial charge on any atom is -0.0798 e. The normalized spacial score (nSPS) is 14.3. The van der Waals surface area contributed by atoms with E-state index in [1.54, 1.807) is 10.9 Å². The lowest BCUT2D eigenvalue weighted by Crippen LogP contribution is -2.14. The second-order valence-electron chi connectivity index (χ2n) is 6.04. The predicted molar refractivity (Wildman–Crippen MR) is 104 cm³/mol. The Balaban J connectivity index is 2.12. The van der Waals surface area contributed by atoms with E-state index in [9.17, 15) is 0 Å². The largest absolute Gasteiger partial charge is 0.0798 e. The van der Waals surface area contributed by atoms with E-state index in [2.05, 4.69) is 86.7 Å². The van der Waals surface area contributed by atoms with E-state index in [1.165, 1.54) is 23.5 Å². The number of hydrogen-bond acceptors (Lipinski definition) is 0. The van der Waals surface area contributed by atoms with E-state index >= 15 is 0 Å². The molecule has 0 bridgehead atoms. The fraction of sp³-hybridized carbons (Fsp3) is 0.273.